The zero-order valence-electron chi connectivity index (χ0n) is 11.1. The Balaban J connectivity index is 2.13. The summed E-state index contributed by atoms with van der Waals surface area (Å²) in [6, 6.07) is 9.63. The van der Waals surface area contributed by atoms with E-state index in [-0.39, 0.29) is 5.78 Å². The molecule has 3 heteroatoms. The molecule has 1 aromatic carbocycles. The Morgan fingerprint density at radius 3 is 2.63 bits per heavy atom. The van der Waals surface area contributed by atoms with Crippen LogP contribution in [0.2, 0.25) is 0 Å². The van der Waals surface area contributed by atoms with E-state index in [0.29, 0.717) is 6.42 Å². The first-order chi connectivity index (χ1) is 9.10. The maximum atomic E-state index is 12.2. The second-order valence-corrected chi connectivity index (χ2v) is 5.43. The van der Waals surface area contributed by atoms with Crippen molar-refractivity contribution in [3.05, 3.63) is 63.4 Å². The molecule has 1 aromatic heterocycles. The molecule has 0 unspecified atom stereocenters. The molecule has 0 aliphatic carbocycles. The average Bonchev–Trinajstić information content (AvgIpc) is 2.42. The monoisotopic (exact) mass is 317 g/mol. The molecular formula is C16H16BrNO. The van der Waals surface area contributed by atoms with Gasteiger partial charge in [-0.1, -0.05) is 35.0 Å². The molecule has 19 heavy (non-hydrogen) atoms. The molecule has 0 aliphatic heterocycles. The molecule has 0 saturated heterocycles. The van der Waals surface area contributed by atoms with Gasteiger partial charge in [-0.05, 0) is 42.7 Å². The topological polar surface area (TPSA) is 30.0 Å². The zero-order valence-corrected chi connectivity index (χ0v) is 12.7. The van der Waals surface area contributed by atoms with Crippen molar-refractivity contribution in [1.29, 1.82) is 0 Å². The molecule has 2 rings (SSSR count). The van der Waals surface area contributed by atoms with Crippen LogP contribution in [0.3, 0.4) is 0 Å². The fraction of sp³-hybridized carbons (Fsp3) is 0.250. The highest BCUT2D eigenvalue weighted by molar-refractivity contribution is 9.10. The molecule has 0 fully saturated rings. The van der Waals surface area contributed by atoms with Gasteiger partial charge in [0.2, 0.25) is 0 Å². The van der Waals surface area contributed by atoms with Crippen molar-refractivity contribution >= 4 is 21.7 Å². The van der Waals surface area contributed by atoms with Crippen LogP contribution in [0.5, 0.6) is 0 Å². The van der Waals surface area contributed by atoms with Crippen molar-refractivity contribution in [3.63, 3.8) is 0 Å². The Labute approximate surface area is 122 Å². The maximum Gasteiger partial charge on any atom is 0.168 e. The number of nitrogens with zero attached hydrogens (tertiary/aromatic N) is 1. The number of carbonyl (C=O) groups is 1. The van der Waals surface area contributed by atoms with Gasteiger partial charge in [-0.2, -0.15) is 0 Å². The number of benzene rings is 1. The van der Waals surface area contributed by atoms with Crippen LogP contribution in [0.25, 0.3) is 0 Å². The normalized spacial score (nSPS) is 10.5. The minimum absolute atomic E-state index is 0.104. The standard InChI is InChI=1S/C16H16BrNO/c1-3-12-4-6-14(18-10-12)9-16(19)13-5-7-15(17)11(2)8-13/h4-8,10H,3,9H2,1-2H3. The van der Waals surface area contributed by atoms with Gasteiger partial charge in [0.15, 0.2) is 5.78 Å². The lowest BCUT2D eigenvalue weighted by Crippen LogP contribution is -2.05. The number of aryl methyl sites for hydroxylation is 2. The smallest absolute Gasteiger partial charge is 0.168 e. The number of rotatable bonds is 4. The van der Waals surface area contributed by atoms with Gasteiger partial charge in [-0.25, -0.2) is 0 Å². The number of aromatic nitrogens is 1. The number of hydrogen-bond donors (Lipinski definition) is 0. The van der Waals surface area contributed by atoms with Crippen molar-refractivity contribution in [1.82, 2.24) is 4.98 Å². The van der Waals surface area contributed by atoms with Crippen LogP contribution in [0, 0.1) is 6.92 Å². The SMILES string of the molecule is CCc1ccc(CC(=O)c2ccc(Br)c(C)c2)nc1. The Morgan fingerprint density at radius 1 is 1.26 bits per heavy atom. The lowest BCUT2D eigenvalue weighted by atomic mass is 10.0. The summed E-state index contributed by atoms with van der Waals surface area (Å²) in [5, 5.41) is 0. The molecule has 0 radical (unpaired) electrons. The van der Waals surface area contributed by atoms with E-state index in [0.717, 1.165) is 27.7 Å². The van der Waals surface area contributed by atoms with Crippen LogP contribution in [-0.4, -0.2) is 10.8 Å². The van der Waals surface area contributed by atoms with E-state index in [1.54, 1.807) is 0 Å². The second kappa shape index (κ2) is 6.11. The molecule has 0 spiro atoms. The fourth-order valence-electron chi connectivity index (χ4n) is 1.85. The second-order valence-electron chi connectivity index (χ2n) is 4.58. The van der Waals surface area contributed by atoms with Crippen molar-refractivity contribution < 1.29 is 4.79 Å². The minimum atomic E-state index is 0.104. The Hall–Kier alpha value is -1.48. The molecule has 0 aliphatic rings. The largest absolute Gasteiger partial charge is 0.294 e. The van der Waals surface area contributed by atoms with Gasteiger partial charge >= 0.3 is 0 Å². The molecular weight excluding hydrogens is 302 g/mol. The summed E-state index contributed by atoms with van der Waals surface area (Å²) in [6.45, 7) is 4.07. The Morgan fingerprint density at radius 2 is 2.05 bits per heavy atom. The quantitative estimate of drug-likeness (QED) is 0.793. The zero-order chi connectivity index (χ0) is 13.8. The molecule has 0 bridgehead atoms. The molecule has 2 nitrogen and oxygen atoms in total. The summed E-state index contributed by atoms with van der Waals surface area (Å²) in [6.07, 6.45) is 3.16. The van der Waals surface area contributed by atoms with E-state index in [1.165, 1.54) is 5.56 Å². The van der Waals surface area contributed by atoms with E-state index in [2.05, 4.69) is 27.8 Å². The summed E-state index contributed by atoms with van der Waals surface area (Å²) in [5.41, 5.74) is 3.82. The molecule has 0 amide bonds. The van der Waals surface area contributed by atoms with Gasteiger partial charge in [0, 0.05) is 21.9 Å². The van der Waals surface area contributed by atoms with E-state index in [4.69, 9.17) is 0 Å². The third-order valence-corrected chi connectivity index (χ3v) is 4.01. The summed E-state index contributed by atoms with van der Waals surface area (Å²) < 4.78 is 1.02. The van der Waals surface area contributed by atoms with Crippen molar-refractivity contribution in [3.8, 4) is 0 Å². The van der Waals surface area contributed by atoms with E-state index in [1.807, 2.05) is 43.5 Å². The van der Waals surface area contributed by atoms with Gasteiger partial charge in [0.05, 0.1) is 6.42 Å². The van der Waals surface area contributed by atoms with Gasteiger partial charge < -0.3 is 0 Å². The summed E-state index contributed by atoms with van der Waals surface area (Å²) in [4.78, 5) is 16.5. The van der Waals surface area contributed by atoms with Crippen molar-refractivity contribution in [2.75, 3.05) is 0 Å². The number of pyridine rings is 1. The fourth-order valence-corrected chi connectivity index (χ4v) is 2.10. The lowest BCUT2D eigenvalue weighted by molar-refractivity contribution is 0.0992. The van der Waals surface area contributed by atoms with Gasteiger partial charge in [-0.3, -0.25) is 9.78 Å². The van der Waals surface area contributed by atoms with Gasteiger partial charge in [-0.15, -0.1) is 0 Å². The predicted molar refractivity (Wildman–Crippen MR) is 80.5 cm³/mol. The molecule has 2 aromatic rings. The highest BCUT2D eigenvalue weighted by Crippen LogP contribution is 2.18. The van der Waals surface area contributed by atoms with Crippen molar-refractivity contribution in [2.24, 2.45) is 0 Å². The number of hydrogen-bond acceptors (Lipinski definition) is 2. The third-order valence-electron chi connectivity index (χ3n) is 3.12. The molecule has 98 valence electrons. The molecule has 1 heterocycles. The average molecular weight is 318 g/mol. The molecule has 0 N–H and O–H groups in total. The first-order valence-electron chi connectivity index (χ1n) is 6.33. The van der Waals surface area contributed by atoms with Gasteiger partial charge in [0.25, 0.3) is 0 Å². The number of carbonyl (C=O) groups excluding carboxylic acids is 1. The minimum Gasteiger partial charge on any atom is -0.294 e. The van der Waals surface area contributed by atoms with Crippen LogP contribution < -0.4 is 0 Å². The number of Topliss-reactive ketones (excluding diaryl/α,β-unsaturated/α-hetero) is 1. The Bertz CT molecular complexity index is 590. The number of ketones is 1. The molecule has 0 saturated carbocycles. The first kappa shape index (κ1) is 13.9. The van der Waals surface area contributed by atoms with Crippen LogP contribution in [0.4, 0.5) is 0 Å². The van der Waals surface area contributed by atoms with E-state index < -0.39 is 0 Å². The third kappa shape index (κ3) is 3.51. The highest BCUT2D eigenvalue weighted by atomic mass is 79.9. The predicted octanol–water partition coefficient (Wildman–Crippen LogP) is 4.14. The van der Waals surface area contributed by atoms with Crippen LogP contribution in [-0.2, 0) is 12.8 Å². The lowest BCUT2D eigenvalue weighted by Gasteiger charge is -2.04. The van der Waals surface area contributed by atoms with Crippen LogP contribution >= 0.6 is 15.9 Å². The highest BCUT2D eigenvalue weighted by Gasteiger charge is 2.09. The van der Waals surface area contributed by atoms with Gasteiger partial charge in [0.1, 0.15) is 0 Å². The van der Waals surface area contributed by atoms with Crippen LogP contribution in [0.1, 0.15) is 34.1 Å². The first-order valence-corrected chi connectivity index (χ1v) is 7.12. The van der Waals surface area contributed by atoms with Crippen molar-refractivity contribution in [2.45, 2.75) is 26.7 Å². The van der Waals surface area contributed by atoms with Crippen LogP contribution in [0.15, 0.2) is 41.0 Å². The van der Waals surface area contributed by atoms with E-state index in [9.17, 15) is 4.79 Å². The molecule has 0 atom stereocenters. The maximum absolute atomic E-state index is 12.2. The summed E-state index contributed by atoms with van der Waals surface area (Å²) in [5.74, 6) is 0.104. The van der Waals surface area contributed by atoms with E-state index >= 15 is 0 Å². The number of halogens is 1. The summed E-state index contributed by atoms with van der Waals surface area (Å²) in [7, 11) is 0. The Kier molecular flexibility index (Phi) is 4.48. The summed E-state index contributed by atoms with van der Waals surface area (Å²) >= 11 is 3.44.